The van der Waals surface area contributed by atoms with Gasteiger partial charge in [0, 0.05) is 5.56 Å². The van der Waals surface area contributed by atoms with E-state index in [1.807, 2.05) is 37.3 Å². The van der Waals surface area contributed by atoms with Crippen molar-refractivity contribution in [2.75, 3.05) is 0 Å². The molecule has 0 saturated heterocycles. The fourth-order valence-electron chi connectivity index (χ4n) is 1.44. The Balaban J connectivity index is 2.28. The van der Waals surface area contributed by atoms with Gasteiger partial charge in [-0.1, -0.05) is 41.8 Å². The summed E-state index contributed by atoms with van der Waals surface area (Å²) in [4.78, 5) is 0.412. The van der Waals surface area contributed by atoms with Gasteiger partial charge in [0.25, 0.3) is 0 Å². The lowest BCUT2D eigenvalue weighted by molar-refractivity contribution is 0.561. The molecule has 1 unspecified atom stereocenters. The zero-order valence-corrected chi connectivity index (χ0v) is 12.1. The van der Waals surface area contributed by atoms with Crippen LogP contribution < -0.4 is 0 Å². The van der Waals surface area contributed by atoms with Gasteiger partial charge >= 0.3 is 0 Å². The first-order chi connectivity index (χ1) is 9.08. The van der Waals surface area contributed by atoms with Gasteiger partial charge in [-0.25, -0.2) is 4.21 Å². The van der Waals surface area contributed by atoms with Crippen molar-refractivity contribution in [2.24, 2.45) is 0 Å². The third-order valence-electron chi connectivity index (χ3n) is 2.47. The normalized spacial score (nSPS) is 13.2. The molecule has 2 aromatic rings. The van der Waals surface area contributed by atoms with E-state index in [9.17, 15) is 8.76 Å². The third-order valence-corrected chi connectivity index (χ3v) is 5.46. The Morgan fingerprint density at radius 3 is 2.32 bits per heavy atom. The molecule has 0 aliphatic rings. The van der Waals surface area contributed by atoms with Gasteiger partial charge < -0.3 is 4.55 Å². The van der Waals surface area contributed by atoms with Crippen molar-refractivity contribution < 1.29 is 8.76 Å². The molecular weight excluding hydrogens is 276 g/mol. The second-order valence-corrected chi connectivity index (χ2v) is 7.91. The van der Waals surface area contributed by atoms with Crippen LogP contribution in [0.25, 0.3) is 0 Å². The highest BCUT2D eigenvalue weighted by molar-refractivity contribution is 8.38. The summed E-state index contributed by atoms with van der Waals surface area (Å²) in [6.45, 7) is 2.01. The zero-order chi connectivity index (χ0) is 13.7. The highest BCUT2D eigenvalue weighted by Gasteiger charge is 2.03. The van der Waals surface area contributed by atoms with Gasteiger partial charge in [0.1, 0.15) is 8.77 Å². The van der Waals surface area contributed by atoms with E-state index in [2.05, 4.69) is 11.2 Å². The van der Waals surface area contributed by atoms with Gasteiger partial charge in [0.15, 0.2) is 0 Å². The van der Waals surface area contributed by atoms with E-state index in [4.69, 9.17) is 0 Å². The quantitative estimate of drug-likeness (QED) is 0.626. The molecule has 0 spiro atoms. The second kappa shape index (κ2) is 6.07. The van der Waals surface area contributed by atoms with E-state index >= 15 is 0 Å². The van der Waals surface area contributed by atoms with Crippen molar-refractivity contribution >= 4 is 19.1 Å². The molecule has 19 heavy (non-hydrogen) atoms. The summed E-state index contributed by atoms with van der Waals surface area (Å²) in [5.74, 6) is 2.90. The van der Waals surface area contributed by atoms with E-state index in [0.29, 0.717) is 4.90 Å². The highest BCUT2D eigenvalue weighted by Crippen LogP contribution is 2.08. The monoisotopic (exact) mass is 290 g/mol. The average molecular weight is 290 g/mol. The Morgan fingerprint density at radius 2 is 1.68 bits per heavy atom. The van der Waals surface area contributed by atoms with Crippen LogP contribution in [0, 0.1) is 18.1 Å². The topological polar surface area (TPSA) is 37.3 Å². The lowest BCUT2D eigenvalue weighted by Crippen LogP contribution is -1.98. The average Bonchev–Trinajstić information content (AvgIpc) is 2.42. The van der Waals surface area contributed by atoms with Gasteiger partial charge in [0.2, 0.25) is 0 Å². The summed E-state index contributed by atoms with van der Waals surface area (Å²) in [6, 6.07) is 16.3. The van der Waals surface area contributed by atoms with Gasteiger partial charge in [0.05, 0.1) is 4.90 Å². The summed E-state index contributed by atoms with van der Waals surface area (Å²) >= 11 is 0. The maximum Gasteiger partial charge on any atom is 0.141 e. The molecule has 4 heteroatoms. The summed E-state index contributed by atoms with van der Waals surface area (Å²) in [5.41, 5.74) is 2.01. The molecule has 1 N–H and O–H groups in total. The number of rotatable bonds is 1. The molecule has 0 saturated carbocycles. The molecule has 0 aliphatic heterocycles. The molecule has 2 rings (SSSR count). The maximum atomic E-state index is 12.1. The van der Waals surface area contributed by atoms with Crippen LogP contribution in [0.3, 0.4) is 0 Å². The molecule has 0 bridgehead atoms. The summed E-state index contributed by atoms with van der Waals surface area (Å²) in [7, 11) is -2.87. The smallest absolute Gasteiger partial charge is 0.141 e. The largest absolute Gasteiger partial charge is 0.305 e. The van der Waals surface area contributed by atoms with Crippen molar-refractivity contribution in [2.45, 2.75) is 11.8 Å². The summed E-state index contributed by atoms with van der Waals surface area (Å²) in [6.07, 6.45) is 0. The minimum Gasteiger partial charge on any atom is -0.305 e. The van der Waals surface area contributed by atoms with Gasteiger partial charge in [-0.05, 0) is 46.8 Å². The molecule has 0 heterocycles. The van der Waals surface area contributed by atoms with Crippen LogP contribution in [-0.4, -0.2) is 8.76 Å². The molecule has 1 atom stereocenters. The molecule has 0 radical (unpaired) electrons. The van der Waals surface area contributed by atoms with Crippen molar-refractivity contribution in [3.05, 3.63) is 65.7 Å². The minimum atomic E-state index is -3.09. The molecular formula is C15H14O2S2. The van der Waals surface area contributed by atoms with Crippen molar-refractivity contribution in [1.82, 2.24) is 0 Å². The van der Waals surface area contributed by atoms with Crippen LogP contribution in [0.2, 0.25) is 0 Å². The molecule has 0 fully saturated rings. The fourth-order valence-corrected chi connectivity index (χ4v) is 3.54. The van der Waals surface area contributed by atoms with Crippen molar-refractivity contribution in [3.63, 3.8) is 0 Å². The zero-order valence-electron chi connectivity index (χ0n) is 10.4. The van der Waals surface area contributed by atoms with E-state index in [0.717, 1.165) is 5.56 Å². The lowest BCUT2D eigenvalue weighted by atomic mass is 10.2. The Kier molecular flexibility index (Phi) is 4.43. The number of benzene rings is 2. The molecule has 2 nitrogen and oxygen atoms in total. The van der Waals surface area contributed by atoms with E-state index < -0.39 is 8.77 Å². The number of hydrogen-bond acceptors (Lipinski definition) is 1. The van der Waals surface area contributed by atoms with Gasteiger partial charge in [-0.15, -0.1) is 0 Å². The van der Waals surface area contributed by atoms with Crippen molar-refractivity contribution in [1.29, 1.82) is 0 Å². The van der Waals surface area contributed by atoms with Crippen LogP contribution >= 0.6 is 0 Å². The van der Waals surface area contributed by atoms with Crippen LogP contribution in [0.1, 0.15) is 11.1 Å². The SMILES string of the molecule is Cc1ccc(C#C[SH]=S(=O)(O)c2ccccc2)cc1. The fraction of sp³-hybridized carbons (Fsp3) is 0.0667. The van der Waals surface area contributed by atoms with Gasteiger partial charge in [-0.3, -0.25) is 0 Å². The third kappa shape index (κ3) is 3.97. The second-order valence-electron chi connectivity index (χ2n) is 4.00. The molecule has 0 aromatic heterocycles. The molecule has 2 aromatic carbocycles. The highest BCUT2D eigenvalue weighted by atomic mass is 32.9. The Morgan fingerprint density at radius 1 is 1.05 bits per heavy atom. The Labute approximate surface area is 117 Å². The first kappa shape index (κ1) is 13.9. The van der Waals surface area contributed by atoms with E-state index in [-0.39, 0.29) is 10.3 Å². The predicted octanol–water partition coefficient (Wildman–Crippen LogP) is 2.85. The predicted molar refractivity (Wildman–Crippen MR) is 82.3 cm³/mol. The summed E-state index contributed by atoms with van der Waals surface area (Å²) < 4.78 is 22.0. The van der Waals surface area contributed by atoms with E-state index in [1.54, 1.807) is 24.3 Å². The maximum absolute atomic E-state index is 12.1. The summed E-state index contributed by atoms with van der Waals surface area (Å²) in [5, 5.41) is 2.76. The first-order valence-electron chi connectivity index (χ1n) is 5.69. The van der Waals surface area contributed by atoms with Gasteiger partial charge in [-0.2, -0.15) is 0 Å². The minimum absolute atomic E-state index is 0.217. The molecule has 98 valence electrons. The first-order valence-corrected chi connectivity index (χ1v) is 8.71. The number of aryl methyl sites for hydroxylation is 1. The molecule has 0 aliphatic carbocycles. The Bertz CT molecular complexity index is 729. The standard InChI is InChI=1S/C15H14O2S2/c1-13-7-9-14(10-8-13)11-12-18-19(16,17)15-5-3-2-4-6-15/h2-10,18H,1H3,(H,16,17). The number of thiol groups is 1. The van der Waals surface area contributed by atoms with Crippen LogP contribution in [0.4, 0.5) is 0 Å². The lowest BCUT2D eigenvalue weighted by Gasteiger charge is -2.00. The molecule has 0 amide bonds. The van der Waals surface area contributed by atoms with Crippen LogP contribution in [0.5, 0.6) is 0 Å². The number of hydrogen-bond donors (Lipinski definition) is 2. The van der Waals surface area contributed by atoms with Crippen LogP contribution in [-0.2, 0) is 19.1 Å². The Hall–Kier alpha value is -1.54. The van der Waals surface area contributed by atoms with E-state index in [1.165, 1.54) is 5.56 Å². The van der Waals surface area contributed by atoms with Crippen LogP contribution in [0.15, 0.2) is 59.5 Å². The van der Waals surface area contributed by atoms with Crippen molar-refractivity contribution in [3.8, 4) is 11.2 Å².